The smallest absolute Gasteiger partial charge is 0.0701 e. The zero-order valence-electron chi connectivity index (χ0n) is 11.6. The van der Waals surface area contributed by atoms with Crippen molar-refractivity contribution in [1.82, 2.24) is 0 Å². The van der Waals surface area contributed by atoms with Crippen LogP contribution in [0.1, 0.15) is 5.56 Å². The van der Waals surface area contributed by atoms with E-state index >= 15 is 0 Å². The van der Waals surface area contributed by atoms with Gasteiger partial charge in [-0.15, -0.1) is 11.8 Å². The Morgan fingerprint density at radius 3 is 2.43 bits per heavy atom. The summed E-state index contributed by atoms with van der Waals surface area (Å²) in [4.78, 5) is 6.70. The highest BCUT2D eigenvalue weighted by molar-refractivity contribution is 8.05. The number of anilines is 1. The second kappa shape index (κ2) is 6.95. The average Bonchev–Trinajstić information content (AvgIpc) is 2.57. The first kappa shape index (κ1) is 13.7. The van der Waals surface area contributed by atoms with E-state index in [2.05, 4.69) is 51.2 Å². The summed E-state index contributed by atoms with van der Waals surface area (Å²) in [7, 11) is 0. The molecule has 1 aliphatic rings. The lowest BCUT2D eigenvalue weighted by molar-refractivity contribution is 1.07. The lowest BCUT2D eigenvalue weighted by Gasteiger charge is -2.23. The van der Waals surface area contributed by atoms with Gasteiger partial charge in [0.05, 0.1) is 12.2 Å². The molecule has 0 N–H and O–H groups in total. The summed E-state index contributed by atoms with van der Waals surface area (Å²) in [6.45, 7) is 0.704. The van der Waals surface area contributed by atoms with Gasteiger partial charge in [-0.3, -0.25) is 4.99 Å². The highest BCUT2D eigenvalue weighted by Crippen LogP contribution is 2.25. The van der Waals surface area contributed by atoms with E-state index in [0.717, 1.165) is 11.4 Å². The van der Waals surface area contributed by atoms with Crippen LogP contribution in [0.2, 0.25) is 0 Å². The van der Waals surface area contributed by atoms with E-state index in [1.807, 2.05) is 42.6 Å². The molecule has 0 saturated carbocycles. The fourth-order valence-electron chi connectivity index (χ4n) is 2.09. The van der Waals surface area contributed by atoms with Crippen LogP contribution in [0.3, 0.4) is 0 Å². The van der Waals surface area contributed by atoms with Crippen LogP contribution < -0.4 is 4.90 Å². The second-order valence-corrected chi connectivity index (χ2v) is 5.40. The van der Waals surface area contributed by atoms with Gasteiger partial charge in [0.25, 0.3) is 0 Å². The summed E-state index contributed by atoms with van der Waals surface area (Å²) in [6.07, 6.45) is 4.01. The Morgan fingerprint density at radius 2 is 1.67 bits per heavy atom. The number of benzene rings is 2. The van der Waals surface area contributed by atoms with Gasteiger partial charge >= 0.3 is 0 Å². The van der Waals surface area contributed by atoms with Crippen LogP contribution in [-0.2, 0) is 6.54 Å². The molecule has 3 heteroatoms. The molecule has 0 aromatic heterocycles. The van der Waals surface area contributed by atoms with Crippen molar-refractivity contribution < 1.29 is 0 Å². The Labute approximate surface area is 129 Å². The molecule has 0 bridgehead atoms. The molecule has 0 atom stereocenters. The van der Waals surface area contributed by atoms with Crippen LogP contribution in [0.15, 0.2) is 88.4 Å². The normalized spacial score (nSPS) is 14.5. The van der Waals surface area contributed by atoms with Gasteiger partial charge in [0.1, 0.15) is 0 Å². The molecule has 3 rings (SSSR count). The fourth-order valence-corrected chi connectivity index (χ4v) is 2.68. The average molecular weight is 292 g/mol. The van der Waals surface area contributed by atoms with E-state index in [1.54, 1.807) is 11.8 Å². The lowest BCUT2D eigenvalue weighted by atomic mass is 10.2. The van der Waals surface area contributed by atoms with Crippen molar-refractivity contribution in [2.24, 2.45) is 4.99 Å². The minimum Gasteiger partial charge on any atom is -0.315 e. The first-order chi connectivity index (χ1) is 10.4. The molecule has 0 spiro atoms. The van der Waals surface area contributed by atoms with Crippen LogP contribution in [0.4, 0.5) is 5.69 Å². The van der Waals surface area contributed by atoms with Crippen molar-refractivity contribution in [3.8, 4) is 0 Å². The third-order valence-corrected chi connectivity index (χ3v) is 3.79. The van der Waals surface area contributed by atoms with Crippen molar-refractivity contribution in [2.45, 2.75) is 6.54 Å². The van der Waals surface area contributed by atoms with Crippen molar-refractivity contribution in [1.29, 1.82) is 0 Å². The molecular weight excluding hydrogens is 276 g/mol. The summed E-state index contributed by atoms with van der Waals surface area (Å²) >= 11 is 1.67. The van der Waals surface area contributed by atoms with Crippen LogP contribution in [0, 0.1) is 0 Å². The molecule has 0 unspecified atom stereocenters. The molecule has 0 fully saturated rings. The molecular formula is C18H16N2S. The van der Waals surface area contributed by atoms with Gasteiger partial charge in [-0.1, -0.05) is 48.5 Å². The van der Waals surface area contributed by atoms with Gasteiger partial charge in [0.2, 0.25) is 0 Å². The standard InChI is InChI=1S/C18H16N2S/c1-3-7-16(8-4-1)13-19-14-18-15-21-12-11-20(18)17-9-5-2-6-10-17/h1-12,14-15H,13H2. The van der Waals surface area contributed by atoms with Gasteiger partial charge in [-0.25, -0.2) is 0 Å². The molecule has 2 nitrogen and oxygen atoms in total. The van der Waals surface area contributed by atoms with Crippen molar-refractivity contribution in [3.63, 3.8) is 0 Å². The first-order valence-corrected chi connectivity index (χ1v) is 7.78. The highest BCUT2D eigenvalue weighted by Gasteiger charge is 2.09. The molecule has 0 radical (unpaired) electrons. The van der Waals surface area contributed by atoms with Crippen molar-refractivity contribution in [3.05, 3.63) is 88.9 Å². The summed E-state index contributed by atoms with van der Waals surface area (Å²) < 4.78 is 0. The van der Waals surface area contributed by atoms with Crippen molar-refractivity contribution in [2.75, 3.05) is 4.90 Å². The number of hydrogen-bond acceptors (Lipinski definition) is 3. The molecule has 104 valence electrons. The monoisotopic (exact) mass is 292 g/mol. The third-order valence-electron chi connectivity index (χ3n) is 3.13. The topological polar surface area (TPSA) is 15.6 Å². The third kappa shape index (κ3) is 3.64. The minimum atomic E-state index is 0.704. The minimum absolute atomic E-state index is 0.704. The summed E-state index contributed by atoms with van der Waals surface area (Å²) in [5.41, 5.74) is 3.45. The lowest BCUT2D eigenvalue weighted by Crippen LogP contribution is -2.17. The predicted octanol–water partition coefficient (Wildman–Crippen LogP) is 4.82. The van der Waals surface area contributed by atoms with Crippen LogP contribution in [0.25, 0.3) is 0 Å². The van der Waals surface area contributed by atoms with E-state index in [0.29, 0.717) is 6.54 Å². The number of para-hydroxylation sites is 1. The van der Waals surface area contributed by atoms with Gasteiger partial charge < -0.3 is 4.90 Å². The van der Waals surface area contributed by atoms with E-state index in [9.17, 15) is 0 Å². The van der Waals surface area contributed by atoms with Crippen molar-refractivity contribution >= 4 is 23.7 Å². The SMILES string of the molecule is C1=CN(c2ccccc2)C(C=NCc2ccccc2)=CS1. The molecule has 21 heavy (non-hydrogen) atoms. The molecule has 1 aliphatic heterocycles. The summed E-state index contributed by atoms with van der Waals surface area (Å²) in [6, 6.07) is 20.6. The van der Waals surface area contributed by atoms with E-state index < -0.39 is 0 Å². The predicted molar refractivity (Wildman–Crippen MR) is 92.4 cm³/mol. The summed E-state index contributed by atoms with van der Waals surface area (Å²) in [5, 5.41) is 4.18. The van der Waals surface area contributed by atoms with Gasteiger partial charge in [0.15, 0.2) is 0 Å². The largest absolute Gasteiger partial charge is 0.315 e. The second-order valence-electron chi connectivity index (χ2n) is 4.62. The van der Waals surface area contributed by atoms with Crippen LogP contribution in [0.5, 0.6) is 0 Å². The molecule has 0 amide bonds. The molecule has 0 saturated heterocycles. The number of allylic oxidation sites excluding steroid dienone is 1. The number of rotatable bonds is 4. The summed E-state index contributed by atoms with van der Waals surface area (Å²) in [5.74, 6) is 0. The maximum atomic E-state index is 4.56. The Balaban J connectivity index is 1.73. The van der Waals surface area contributed by atoms with Gasteiger partial charge in [-0.2, -0.15) is 0 Å². The Kier molecular flexibility index (Phi) is 4.54. The highest BCUT2D eigenvalue weighted by atomic mass is 32.2. The number of hydrogen-bond donors (Lipinski definition) is 0. The van der Waals surface area contributed by atoms with Gasteiger partial charge in [-0.05, 0) is 23.1 Å². The Morgan fingerprint density at radius 1 is 0.952 bits per heavy atom. The number of nitrogens with zero attached hydrogens (tertiary/aromatic N) is 2. The Hall–Kier alpha value is -2.26. The fraction of sp³-hybridized carbons (Fsp3) is 0.0556. The van der Waals surface area contributed by atoms with E-state index in [4.69, 9.17) is 0 Å². The molecule has 2 aromatic rings. The van der Waals surface area contributed by atoms with Crippen LogP contribution >= 0.6 is 11.8 Å². The molecule has 1 heterocycles. The Bertz CT molecular complexity index is 660. The van der Waals surface area contributed by atoms with Gasteiger partial charge in [0, 0.05) is 23.5 Å². The van der Waals surface area contributed by atoms with Crippen LogP contribution in [-0.4, -0.2) is 6.21 Å². The number of aliphatic imine (C=N–C) groups is 1. The molecule has 2 aromatic carbocycles. The maximum Gasteiger partial charge on any atom is 0.0701 e. The zero-order chi connectivity index (χ0) is 14.3. The maximum absolute atomic E-state index is 4.56. The van der Waals surface area contributed by atoms with E-state index in [-0.39, 0.29) is 0 Å². The quantitative estimate of drug-likeness (QED) is 0.751. The number of thioether (sulfide) groups is 1. The zero-order valence-corrected chi connectivity index (χ0v) is 12.4. The van der Waals surface area contributed by atoms with E-state index in [1.165, 1.54) is 5.56 Å². The first-order valence-electron chi connectivity index (χ1n) is 6.84. The molecule has 0 aliphatic carbocycles.